The number of hydrogen-bond donors (Lipinski definition) is 6. The molecule has 4 heterocycles. The highest BCUT2D eigenvalue weighted by molar-refractivity contribution is 5.99. The topological polar surface area (TPSA) is 278 Å². The number of anilines is 4. The molecule has 0 spiro atoms. The lowest BCUT2D eigenvalue weighted by atomic mass is 10.2. The fourth-order valence-corrected chi connectivity index (χ4v) is 4.09. The second-order valence-corrected chi connectivity index (χ2v) is 12.2. The molecule has 0 bridgehead atoms. The van der Waals surface area contributed by atoms with Gasteiger partial charge in [0.25, 0.3) is 0 Å². The maximum absolute atomic E-state index is 10.7. The molecule has 0 saturated heterocycles. The van der Waals surface area contributed by atoms with E-state index in [0.717, 1.165) is 44.0 Å². The van der Waals surface area contributed by atoms with Crippen molar-refractivity contribution < 1.29 is 37.8 Å². The highest BCUT2D eigenvalue weighted by Crippen LogP contribution is 2.17. The zero-order valence-electron chi connectivity index (χ0n) is 35.8. The summed E-state index contributed by atoms with van der Waals surface area (Å²) < 4.78 is 9.42. The first-order chi connectivity index (χ1) is 30.2. The highest BCUT2D eigenvalue weighted by atomic mass is 16.5. The number of unbranched alkanes of at least 4 members (excludes halogenated alkanes) is 1. The molecule has 4 aromatic heterocycles. The number of nitrogens with zero attached hydrogens (tertiary/aromatic N) is 6. The number of nitrogens with one attached hydrogen (secondary N) is 6. The first-order valence-corrected chi connectivity index (χ1v) is 19.2. The molecule has 5 rings (SSSR count). The van der Waals surface area contributed by atoms with Crippen LogP contribution in [0.3, 0.4) is 0 Å². The number of aryl methyl sites for hydroxylation is 2. The molecule has 1 aliphatic rings. The molecule has 0 radical (unpaired) electrons. The van der Waals surface area contributed by atoms with Crippen LogP contribution in [-0.4, -0.2) is 78.3 Å². The quantitative estimate of drug-likeness (QED) is 0.0652. The lowest BCUT2D eigenvalue weighted by Gasteiger charge is -2.08. The van der Waals surface area contributed by atoms with Crippen LogP contribution in [0.5, 0.6) is 0 Å². The Morgan fingerprint density at radius 1 is 0.651 bits per heavy atom. The Hall–Kier alpha value is -8.16. The molecular weight excluding hydrogens is 813 g/mol. The van der Waals surface area contributed by atoms with Gasteiger partial charge < -0.3 is 35.6 Å². The van der Waals surface area contributed by atoms with Crippen molar-refractivity contribution in [1.29, 1.82) is 0 Å². The van der Waals surface area contributed by atoms with E-state index in [1.807, 2.05) is 0 Å². The van der Waals surface area contributed by atoms with Gasteiger partial charge >= 0.3 is 0 Å². The molecule has 336 valence electrons. The molecule has 0 unspecified atom stereocenters. The lowest BCUT2D eigenvalue weighted by molar-refractivity contribution is -0.117. The second-order valence-electron chi connectivity index (χ2n) is 12.2. The van der Waals surface area contributed by atoms with E-state index in [1.165, 1.54) is 80.5 Å². The SMILES string of the molecule is C=CC(=O)NC1CCCC1.C=CC(=O)NCCCC.C=CC(=O)Nc1cc(C)no1.C=CC(=O)Nc1cc(C)on1.C=CC(=O)Nc1cnccn1.C=CC(=O)Nc1cncnc1. The van der Waals surface area contributed by atoms with Gasteiger partial charge in [-0.3, -0.25) is 39.1 Å². The third kappa shape index (κ3) is 29.7. The van der Waals surface area contributed by atoms with E-state index in [9.17, 15) is 28.8 Å². The van der Waals surface area contributed by atoms with Crippen LogP contribution in [0.25, 0.3) is 0 Å². The molecular formula is C43H56N12O8. The molecule has 0 aromatic carbocycles. The fraction of sp³-hybridized carbons (Fsp3) is 0.256. The summed E-state index contributed by atoms with van der Waals surface area (Å²) in [5.74, 6) is 0.571. The lowest BCUT2D eigenvalue weighted by Crippen LogP contribution is -2.30. The number of amides is 6. The minimum atomic E-state index is -0.304. The maximum Gasteiger partial charge on any atom is 0.250 e. The summed E-state index contributed by atoms with van der Waals surface area (Å²) in [6.45, 7) is 26.3. The molecule has 6 N–H and O–H groups in total. The Labute approximate surface area is 366 Å². The van der Waals surface area contributed by atoms with Gasteiger partial charge in [0.2, 0.25) is 41.3 Å². The average molecular weight is 869 g/mol. The summed E-state index contributed by atoms with van der Waals surface area (Å²) in [4.78, 5) is 78.9. The van der Waals surface area contributed by atoms with Crippen molar-refractivity contribution >= 4 is 58.7 Å². The van der Waals surface area contributed by atoms with E-state index >= 15 is 0 Å². The third-order valence-electron chi connectivity index (χ3n) is 7.04. The van der Waals surface area contributed by atoms with Gasteiger partial charge in [-0.15, -0.1) is 0 Å². The van der Waals surface area contributed by atoms with Gasteiger partial charge in [-0.2, -0.15) is 0 Å². The highest BCUT2D eigenvalue weighted by Gasteiger charge is 2.15. The van der Waals surface area contributed by atoms with Crippen molar-refractivity contribution in [3.05, 3.63) is 137 Å². The van der Waals surface area contributed by atoms with E-state index < -0.39 is 0 Å². The first kappa shape index (κ1) is 54.8. The smallest absolute Gasteiger partial charge is 0.250 e. The number of hydrogen-bond acceptors (Lipinski definition) is 14. The van der Waals surface area contributed by atoms with Gasteiger partial charge in [0.05, 0.1) is 30.0 Å². The van der Waals surface area contributed by atoms with E-state index in [1.54, 1.807) is 26.0 Å². The molecule has 20 nitrogen and oxygen atoms in total. The number of carbonyl (C=O) groups is 6. The Balaban J connectivity index is 0.000000733. The van der Waals surface area contributed by atoms with E-state index in [2.05, 4.69) is 109 Å². The predicted molar refractivity (Wildman–Crippen MR) is 241 cm³/mol. The van der Waals surface area contributed by atoms with Crippen LogP contribution >= 0.6 is 0 Å². The van der Waals surface area contributed by atoms with Gasteiger partial charge in [-0.05, 0) is 69.6 Å². The number of rotatable bonds is 14. The van der Waals surface area contributed by atoms with Gasteiger partial charge in [0.1, 0.15) is 12.1 Å². The Morgan fingerprint density at radius 3 is 1.68 bits per heavy atom. The van der Waals surface area contributed by atoms with Crippen molar-refractivity contribution in [3.8, 4) is 0 Å². The monoisotopic (exact) mass is 868 g/mol. The minimum absolute atomic E-state index is 0.0353. The van der Waals surface area contributed by atoms with E-state index in [0.29, 0.717) is 35.0 Å². The van der Waals surface area contributed by atoms with Crippen LogP contribution in [0, 0.1) is 13.8 Å². The Morgan fingerprint density at radius 2 is 1.21 bits per heavy atom. The van der Waals surface area contributed by atoms with Crippen molar-refractivity contribution in [2.75, 3.05) is 27.8 Å². The Kier molecular flexibility index (Phi) is 30.2. The molecule has 20 heteroatoms. The van der Waals surface area contributed by atoms with Crippen LogP contribution in [-0.2, 0) is 28.8 Å². The van der Waals surface area contributed by atoms with Crippen LogP contribution in [0.15, 0.2) is 134 Å². The summed E-state index contributed by atoms with van der Waals surface area (Å²) in [5, 5.41) is 22.5. The van der Waals surface area contributed by atoms with Crippen LogP contribution in [0.1, 0.15) is 56.9 Å². The minimum Gasteiger partial charge on any atom is -0.360 e. The summed E-state index contributed by atoms with van der Waals surface area (Å²) in [6.07, 6.45) is 23.1. The molecule has 1 fully saturated rings. The normalized spacial score (nSPS) is 10.5. The van der Waals surface area contributed by atoms with Crippen molar-refractivity contribution in [1.82, 2.24) is 40.9 Å². The maximum atomic E-state index is 10.7. The van der Waals surface area contributed by atoms with Crippen LogP contribution in [0.4, 0.5) is 23.2 Å². The van der Waals surface area contributed by atoms with Gasteiger partial charge in [-0.25, -0.2) is 15.0 Å². The third-order valence-corrected chi connectivity index (χ3v) is 7.04. The molecule has 0 atom stereocenters. The van der Waals surface area contributed by atoms with Crippen molar-refractivity contribution in [2.45, 2.75) is 65.3 Å². The number of aromatic nitrogens is 6. The molecule has 1 aliphatic carbocycles. The predicted octanol–water partition coefficient (Wildman–Crippen LogP) is 5.74. The molecule has 0 aliphatic heterocycles. The van der Waals surface area contributed by atoms with Gasteiger partial charge in [-0.1, -0.05) is 76.0 Å². The van der Waals surface area contributed by atoms with E-state index in [4.69, 9.17) is 9.05 Å². The Bertz CT molecular complexity index is 1930. The molecule has 1 saturated carbocycles. The summed E-state index contributed by atoms with van der Waals surface area (Å²) in [6, 6.07) is 3.67. The van der Waals surface area contributed by atoms with Crippen molar-refractivity contribution in [3.63, 3.8) is 0 Å². The summed E-state index contributed by atoms with van der Waals surface area (Å²) in [5.41, 5.74) is 1.29. The average Bonchev–Trinajstić information content (AvgIpc) is 4.08. The summed E-state index contributed by atoms with van der Waals surface area (Å²) >= 11 is 0. The molecule has 63 heavy (non-hydrogen) atoms. The number of carbonyl (C=O) groups excluding carboxylic acids is 6. The van der Waals surface area contributed by atoms with Gasteiger partial charge in [0.15, 0.2) is 11.6 Å². The zero-order valence-corrected chi connectivity index (χ0v) is 35.8. The van der Waals surface area contributed by atoms with Crippen LogP contribution < -0.4 is 31.9 Å². The largest absolute Gasteiger partial charge is 0.360 e. The zero-order chi connectivity index (χ0) is 47.3. The molecule has 6 amide bonds. The summed E-state index contributed by atoms with van der Waals surface area (Å²) in [7, 11) is 0. The second kappa shape index (κ2) is 34.7. The van der Waals surface area contributed by atoms with E-state index in [-0.39, 0.29) is 35.4 Å². The van der Waals surface area contributed by atoms with Crippen LogP contribution in [0.2, 0.25) is 0 Å². The fourth-order valence-electron chi connectivity index (χ4n) is 4.09. The standard InChI is InChI=1S/C8H13NO.2C7H7N3O.2C7H8N2O2.C7H13NO/c1-2-8(10)9-7-5-3-4-6-7;1-2-7(11)10-6-3-8-5-9-4-6;1-2-7(11)10-6-5-8-3-4-9-6;1-3-7(10)8-6-4-5(2)11-9-6;1-3-6(10)8-7-4-5(2)9-11-7;1-3-5-6-8-7(9)4-2/h2,7H,1,3-6H2,(H,9,10);2-5H,1H2,(H,10,11);2-5H,1H2,(H,9,10,11);3-4H,1H2,2H3,(H,8,9,10);3-4H,1H2,2H3,(H,8,10);4H,2-3,5-6H2,1H3,(H,8,9). The molecule has 4 aromatic rings. The first-order valence-electron chi connectivity index (χ1n) is 19.2. The van der Waals surface area contributed by atoms with Gasteiger partial charge in [0, 0.05) is 37.1 Å². The van der Waals surface area contributed by atoms with Crippen molar-refractivity contribution in [2.24, 2.45) is 0 Å².